The lowest BCUT2D eigenvalue weighted by Gasteiger charge is -2.24. The molecule has 138 valence electrons. The molecular formula is C20H26N4O2. The summed E-state index contributed by atoms with van der Waals surface area (Å²) in [5, 5.41) is 11.4. The van der Waals surface area contributed by atoms with Gasteiger partial charge in [0.1, 0.15) is 12.1 Å². The van der Waals surface area contributed by atoms with E-state index in [9.17, 15) is 4.79 Å². The van der Waals surface area contributed by atoms with E-state index in [4.69, 9.17) is 4.74 Å². The molecule has 6 heteroatoms. The van der Waals surface area contributed by atoms with Gasteiger partial charge >= 0.3 is 0 Å². The number of hydrogen-bond donors (Lipinski definition) is 1. The van der Waals surface area contributed by atoms with E-state index in [2.05, 4.69) is 20.1 Å². The van der Waals surface area contributed by atoms with Gasteiger partial charge in [-0.05, 0) is 37.3 Å². The molecule has 4 rings (SSSR count). The Hall–Kier alpha value is -2.37. The highest BCUT2D eigenvalue weighted by Crippen LogP contribution is 2.29. The molecule has 1 N–H and O–H groups in total. The molecule has 0 spiro atoms. The van der Waals surface area contributed by atoms with Crippen LogP contribution < -0.4 is 10.1 Å². The van der Waals surface area contributed by atoms with E-state index < -0.39 is 0 Å². The fraction of sp³-hybridized carbons (Fsp3) is 0.550. The van der Waals surface area contributed by atoms with E-state index in [-0.39, 0.29) is 11.8 Å². The molecule has 1 aliphatic heterocycles. The van der Waals surface area contributed by atoms with Crippen LogP contribution in [0.1, 0.15) is 56.0 Å². The number of amides is 1. The van der Waals surface area contributed by atoms with Gasteiger partial charge in [-0.3, -0.25) is 4.79 Å². The highest BCUT2D eigenvalue weighted by molar-refractivity contribution is 5.79. The number of nitrogens with zero attached hydrogens (tertiary/aromatic N) is 3. The maximum Gasteiger partial charge on any atom is 0.223 e. The number of carbonyl (C=O) groups excluding carboxylic acids is 1. The van der Waals surface area contributed by atoms with Gasteiger partial charge in [-0.2, -0.15) is 0 Å². The van der Waals surface area contributed by atoms with Crippen LogP contribution in [0.4, 0.5) is 0 Å². The molecule has 1 aliphatic carbocycles. The van der Waals surface area contributed by atoms with Crippen LogP contribution in [0.5, 0.6) is 5.75 Å². The van der Waals surface area contributed by atoms with Crippen molar-refractivity contribution in [3.05, 3.63) is 42.0 Å². The van der Waals surface area contributed by atoms with Gasteiger partial charge < -0.3 is 14.6 Å². The molecule has 1 amide bonds. The summed E-state index contributed by atoms with van der Waals surface area (Å²) < 4.78 is 7.93. The first kappa shape index (κ1) is 17.1. The lowest BCUT2D eigenvalue weighted by molar-refractivity contribution is -0.125. The Labute approximate surface area is 154 Å². The number of nitrogens with one attached hydrogen (secondary N) is 1. The van der Waals surface area contributed by atoms with Crippen LogP contribution in [0.3, 0.4) is 0 Å². The maximum atomic E-state index is 12.7. The number of carbonyl (C=O) groups is 1. The van der Waals surface area contributed by atoms with Gasteiger partial charge in [0.2, 0.25) is 5.91 Å². The minimum Gasteiger partial charge on any atom is -0.493 e. The lowest BCUT2D eigenvalue weighted by atomic mass is 9.95. The van der Waals surface area contributed by atoms with Gasteiger partial charge in [-0.25, -0.2) is 0 Å². The Bertz CT molecular complexity index is 752. The molecule has 1 aromatic carbocycles. The van der Waals surface area contributed by atoms with Gasteiger partial charge in [0.05, 0.1) is 13.2 Å². The number of hydrogen-bond acceptors (Lipinski definition) is 4. The molecule has 1 aromatic heterocycles. The monoisotopic (exact) mass is 354 g/mol. The molecule has 0 radical (unpaired) electrons. The second-order valence-electron chi connectivity index (χ2n) is 7.31. The van der Waals surface area contributed by atoms with Crippen LogP contribution >= 0.6 is 0 Å². The first-order chi connectivity index (χ1) is 12.8. The number of aromatic nitrogens is 3. The largest absolute Gasteiger partial charge is 0.493 e. The fourth-order valence-corrected chi connectivity index (χ4v) is 4.08. The zero-order valence-electron chi connectivity index (χ0n) is 15.1. The predicted molar refractivity (Wildman–Crippen MR) is 97.7 cm³/mol. The molecule has 0 bridgehead atoms. The Morgan fingerprint density at radius 3 is 2.92 bits per heavy atom. The van der Waals surface area contributed by atoms with Crippen molar-refractivity contribution in [3.63, 3.8) is 0 Å². The fourth-order valence-electron chi connectivity index (χ4n) is 4.08. The molecule has 0 unspecified atom stereocenters. The molecule has 1 fully saturated rings. The summed E-state index contributed by atoms with van der Waals surface area (Å²) in [4.78, 5) is 12.7. The Morgan fingerprint density at radius 1 is 1.19 bits per heavy atom. The molecule has 2 heterocycles. The second-order valence-corrected chi connectivity index (χ2v) is 7.31. The topological polar surface area (TPSA) is 69.0 Å². The average molecular weight is 354 g/mol. The highest BCUT2D eigenvalue weighted by Gasteiger charge is 2.24. The molecule has 6 nitrogen and oxygen atoms in total. The molecule has 1 saturated carbocycles. The van der Waals surface area contributed by atoms with Crippen molar-refractivity contribution in [1.82, 2.24) is 20.1 Å². The van der Waals surface area contributed by atoms with Crippen molar-refractivity contribution in [2.75, 3.05) is 6.61 Å². The molecule has 2 aromatic rings. The van der Waals surface area contributed by atoms with Gasteiger partial charge in [-0.15, -0.1) is 10.2 Å². The van der Waals surface area contributed by atoms with Crippen molar-refractivity contribution < 1.29 is 9.53 Å². The summed E-state index contributed by atoms with van der Waals surface area (Å²) in [5.41, 5.74) is 1.11. The third-order valence-corrected chi connectivity index (χ3v) is 5.57. The third kappa shape index (κ3) is 3.74. The molecule has 0 saturated heterocycles. The summed E-state index contributed by atoms with van der Waals surface area (Å²) in [7, 11) is 0. The van der Waals surface area contributed by atoms with Crippen LogP contribution in [0.15, 0.2) is 30.6 Å². The van der Waals surface area contributed by atoms with Gasteiger partial charge in [0.25, 0.3) is 0 Å². The second kappa shape index (κ2) is 7.89. The van der Waals surface area contributed by atoms with Crippen molar-refractivity contribution in [3.8, 4) is 5.75 Å². The summed E-state index contributed by atoms with van der Waals surface area (Å²) >= 11 is 0. The maximum absolute atomic E-state index is 12.7. The van der Waals surface area contributed by atoms with Crippen molar-refractivity contribution in [1.29, 1.82) is 0 Å². The molecule has 2 aliphatic rings. The van der Waals surface area contributed by atoms with E-state index in [0.29, 0.717) is 19.2 Å². The van der Waals surface area contributed by atoms with E-state index in [1.807, 2.05) is 30.6 Å². The number of rotatable bonds is 4. The number of ether oxygens (including phenoxy) is 1. The predicted octanol–water partition coefficient (Wildman–Crippen LogP) is 3.04. The van der Waals surface area contributed by atoms with Crippen LogP contribution in [-0.4, -0.2) is 27.3 Å². The first-order valence-electron chi connectivity index (χ1n) is 9.68. The summed E-state index contributed by atoms with van der Waals surface area (Å²) in [5.74, 6) is 1.77. The third-order valence-electron chi connectivity index (χ3n) is 5.57. The van der Waals surface area contributed by atoms with Crippen LogP contribution in [0.25, 0.3) is 0 Å². The average Bonchev–Trinajstić information content (AvgIpc) is 3.05. The van der Waals surface area contributed by atoms with Crippen molar-refractivity contribution in [2.24, 2.45) is 5.92 Å². The Kier molecular flexibility index (Phi) is 5.18. The molecule has 26 heavy (non-hydrogen) atoms. The SMILES string of the molecule is O=C(NCc1nncn1C1CCCCC1)[C@H]1CCOc2ccccc2C1. The number of fused-ring (bicyclic) bond motifs is 1. The number of benzene rings is 1. The zero-order chi connectivity index (χ0) is 17.8. The minimum atomic E-state index is -0.0651. The highest BCUT2D eigenvalue weighted by atomic mass is 16.5. The smallest absolute Gasteiger partial charge is 0.223 e. The van der Waals surface area contributed by atoms with Gasteiger partial charge in [-0.1, -0.05) is 37.5 Å². The standard InChI is InChI=1S/C20H26N4O2/c25-20(16-10-11-26-18-9-5-4-6-15(18)12-16)21-13-19-23-22-14-24(19)17-7-2-1-3-8-17/h4-6,9,14,16-17H,1-3,7-8,10-13H2,(H,21,25)/t16-/m0/s1. The molecule has 1 atom stereocenters. The van der Waals surface area contributed by atoms with E-state index >= 15 is 0 Å². The van der Waals surface area contributed by atoms with Gasteiger partial charge in [0.15, 0.2) is 5.82 Å². The summed E-state index contributed by atoms with van der Waals surface area (Å²) in [6, 6.07) is 8.46. The molecular weight excluding hydrogens is 328 g/mol. The van der Waals surface area contributed by atoms with Crippen molar-refractivity contribution >= 4 is 5.91 Å². The van der Waals surface area contributed by atoms with Crippen LogP contribution in [0, 0.1) is 5.92 Å². The Morgan fingerprint density at radius 2 is 2.04 bits per heavy atom. The zero-order valence-corrected chi connectivity index (χ0v) is 15.1. The lowest BCUT2D eigenvalue weighted by Crippen LogP contribution is -2.33. The quantitative estimate of drug-likeness (QED) is 0.916. The van der Waals surface area contributed by atoms with Gasteiger partial charge in [0, 0.05) is 12.0 Å². The number of para-hydroxylation sites is 1. The van der Waals surface area contributed by atoms with E-state index in [0.717, 1.165) is 30.0 Å². The first-order valence-corrected chi connectivity index (χ1v) is 9.68. The normalized spacial score (nSPS) is 20.7. The Balaban J connectivity index is 1.38. The summed E-state index contributed by atoms with van der Waals surface area (Å²) in [6.07, 6.45) is 9.45. The minimum absolute atomic E-state index is 0.0651. The van der Waals surface area contributed by atoms with E-state index in [1.54, 1.807) is 0 Å². The van der Waals surface area contributed by atoms with Crippen LogP contribution in [-0.2, 0) is 17.8 Å². The van der Waals surface area contributed by atoms with Crippen molar-refractivity contribution in [2.45, 2.75) is 57.5 Å². The van der Waals surface area contributed by atoms with E-state index in [1.165, 1.54) is 32.1 Å². The van der Waals surface area contributed by atoms with Crippen LogP contribution in [0.2, 0.25) is 0 Å². The summed E-state index contributed by atoms with van der Waals surface area (Å²) in [6.45, 7) is 1.02.